The molecule has 0 saturated carbocycles. The molecule has 1 fully saturated rings. The second kappa shape index (κ2) is 6.21. The van der Waals surface area contributed by atoms with Crippen LogP contribution in [0.4, 0.5) is 5.69 Å². The molecule has 2 aliphatic heterocycles. The molecule has 0 bridgehead atoms. The summed E-state index contributed by atoms with van der Waals surface area (Å²) < 4.78 is 0. The van der Waals surface area contributed by atoms with Gasteiger partial charge >= 0.3 is 0 Å². The maximum atomic E-state index is 12.3. The first-order valence-electron chi connectivity index (χ1n) is 8.24. The molecule has 0 spiro atoms. The number of Topliss-reactive ketones (excluding diaryl/α,β-unsaturated/α-hetero) is 1. The maximum absolute atomic E-state index is 12.3. The molecule has 1 aromatic rings. The van der Waals surface area contributed by atoms with E-state index in [2.05, 4.69) is 5.32 Å². The van der Waals surface area contributed by atoms with Crippen molar-refractivity contribution in [3.63, 3.8) is 0 Å². The van der Waals surface area contributed by atoms with Crippen LogP contribution in [0.2, 0.25) is 0 Å². The summed E-state index contributed by atoms with van der Waals surface area (Å²) in [4.78, 5) is 26.4. The normalized spacial score (nSPS) is 21.3. The Labute approximate surface area is 131 Å². The van der Waals surface area contributed by atoms with Crippen LogP contribution in [0.15, 0.2) is 18.2 Å². The van der Waals surface area contributed by atoms with E-state index in [9.17, 15) is 9.59 Å². The minimum Gasteiger partial charge on any atom is -0.316 e. The number of nitrogens with zero attached hydrogens (tertiary/aromatic N) is 1. The zero-order valence-corrected chi connectivity index (χ0v) is 13.4. The van der Waals surface area contributed by atoms with Gasteiger partial charge in [0.2, 0.25) is 5.91 Å². The molecule has 1 saturated heterocycles. The summed E-state index contributed by atoms with van der Waals surface area (Å²) >= 11 is 0. The van der Waals surface area contributed by atoms with Gasteiger partial charge < -0.3 is 10.2 Å². The molecule has 1 N–H and O–H groups in total. The van der Waals surface area contributed by atoms with Gasteiger partial charge in [-0.3, -0.25) is 9.59 Å². The summed E-state index contributed by atoms with van der Waals surface area (Å²) in [5.41, 5.74) is 2.72. The third-order valence-electron chi connectivity index (χ3n) is 4.66. The van der Waals surface area contributed by atoms with Gasteiger partial charge in [-0.1, -0.05) is 13.8 Å². The monoisotopic (exact) mass is 300 g/mol. The lowest BCUT2D eigenvalue weighted by atomic mass is 9.98. The number of carbonyl (C=O) groups excluding carboxylic acids is 2. The Morgan fingerprint density at radius 1 is 1.41 bits per heavy atom. The number of carbonyl (C=O) groups is 2. The topological polar surface area (TPSA) is 49.4 Å². The maximum Gasteiger partial charge on any atom is 0.231 e. The van der Waals surface area contributed by atoms with Crippen LogP contribution in [0.5, 0.6) is 0 Å². The van der Waals surface area contributed by atoms with Gasteiger partial charge in [0.15, 0.2) is 5.78 Å². The van der Waals surface area contributed by atoms with Crippen molar-refractivity contribution in [2.75, 3.05) is 24.5 Å². The second-order valence-electron chi connectivity index (χ2n) is 6.76. The van der Waals surface area contributed by atoms with Crippen molar-refractivity contribution in [2.24, 2.45) is 11.8 Å². The van der Waals surface area contributed by atoms with Crippen LogP contribution in [0, 0.1) is 11.8 Å². The van der Waals surface area contributed by atoms with E-state index in [1.807, 2.05) is 36.9 Å². The lowest BCUT2D eigenvalue weighted by molar-refractivity contribution is -0.117. The van der Waals surface area contributed by atoms with E-state index in [-0.39, 0.29) is 17.6 Å². The molecule has 118 valence electrons. The van der Waals surface area contributed by atoms with Gasteiger partial charge in [0.05, 0.1) is 6.42 Å². The van der Waals surface area contributed by atoms with E-state index in [0.29, 0.717) is 12.3 Å². The predicted molar refractivity (Wildman–Crippen MR) is 87.3 cm³/mol. The van der Waals surface area contributed by atoms with Crippen molar-refractivity contribution in [1.29, 1.82) is 0 Å². The average Bonchev–Trinajstić information content (AvgIpc) is 2.82. The summed E-state index contributed by atoms with van der Waals surface area (Å²) in [6, 6.07) is 5.73. The van der Waals surface area contributed by atoms with Crippen molar-refractivity contribution >= 4 is 17.4 Å². The first-order valence-corrected chi connectivity index (χ1v) is 8.24. The molecule has 0 aromatic heterocycles. The molecule has 1 atom stereocenters. The molecule has 2 aliphatic rings. The van der Waals surface area contributed by atoms with Gasteiger partial charge in [-0.05, 0) is 55.6 Å². The van der Waals surface area contributed by atoms with Gasteiger partial charge in [-0.15, -0.1) is 0 Å². The fourth-order valence-corrected chi connectivity index (χ4v) is 3.41. The number of amides is 1. The summed E-state index contributed by atoms with van der Waals surface area (Å²) in [6.45, 7) is 6.67. The molecule has 1 amide bonds. The fraction of sp³-hybridized carbons (Fsp3) is 0.556. The molecular formula is C18H24N2O2. The van der Waals surface area contributed by atoms with E-state index < -0.39 is 0 Å². The fourth-order valence-electron chi connectivity index (χ4n) is 3.41. The highest BCUT2D eigenvalue weighted by Crippen LogP contribution is 2.31. The number of hydrogen-bond donors (Lipinski definition) is 1. The van der Waals surface area contributed by atoms with Crippen LogP contribution in [0.1, 0.15) is 42.6 Å². The minimum atomic E-state index is -0.0143. The number of fused-ring (bicyclic) bond motifs is 1. The molecule has 4 heteroatoms. The summed E-state index contributed by atoms with van der Waals surface area (Å²) in [7, 11) is 0. The lowest BCUT2D eigenvalue weighted by Gasteiger charge is -2.28. The molecular weight excluding hydrogens is 276 g/mol. The molecule has 2 heterocycles. The summed E-state index contributed by atoms with van der Waals surface area (Å²) in [5, 5.41) is 3.40. The molecule has 1 aromatic carbocycles. The van der Waals surface area contributed by atoms with Crippen LogP contribution in [-0.4, -0.2) is 31.3 Å². The first kappa shape index (κ1) is 15.2. The zero-order chi connectivity index (χ0) is 15.7. The number of hydrogen-bond acceptors (Lipinski definition) is 3. The largest absolute Gasteiger partial charge is 0.316 e. The number of rotatable bonds is 4. The molecule has 0 aliphatic carbocycles. The molecule has 3 rings (SSSR count). The van der Waals surface area contributed by atoms with E-state index >= 15 is 0 Å². The van der Waals surface area contributed by atoms with Crippen molar-refractivity contribution < 1.29 is 9.59 Å². The van der Waals surface area contributed by atoms with Crippen molar-refractivity contribution in [2.45, 2.75) is 33.1 Å². The highest BCUT2D eigenvalue weighted by Gasteiger charge is 2.30. The van der Waals surface area contributed by atoms with E-state index in [1.165, 1.54) is 12.8 Å². The van der Waals surface area contributed by atoms with Gasteiger partial charge in [0.25, 0.3) is 0 Å². The smallest absolute Gasteiger partial charge is 0.231 e. The number of ketones is 1. The Morgan fingerprint density at radius 3 is 2.91 bits per heavy atom. The molecule has 22 heavy (non-hydrogen) atoms. The standard InChI is InChI=1S/C18H24N2O2/c1-12(2)18(22)14-5-6-16-15(8-14)9-17(21)20(16)11-13-4-3-7-19-10-13/h5-6,8,12-13,19H,3-4,7,9-11H2,1-2H3. The Bertz CT molecular complexity index is 589. The highest BCUT2D eigenvalue weighted by molar-refractivity contribution is 6.04. The molecule has 0 radical (unpaired) electrons. The van der Waals surface area contributed by atoms with Gasteiger partial charge in [0.1, 0.15) is 0 Å². The van der Waals surface area contributed by atoms with Gasteiger partial charge in [-0.25, -0.2) is 0 Å². The van der Waals surface area contributed by atoms with E-state index in [4.69, 9.17) is 0 Å². The van der Waals surface area contributed by atoms with Crippen LogP contribution in [0.3, 0.4) is 0 Å². The Morgan fingerprint density at radius 2 is 2.23 bits per heavy atom. The Hall–Kier alpha value is -1.68. The summed E-state index contributed by atoms with van der Waals surface area (Å²) in [5.74, 6) is 0.820. The lowest BCUT2D eigenvalue weighted by Crippen LogP contribution is -2.39. The van der Waals surface area contributed by atoms with Crippen molar-refractivity contribution in [3.8, 4) is 0 Å². The zero-order valence-electron chi connectivity index (χ0n) is 13.4. The van der Waals surface area contributed by atoms with E-state index in [0.717, 1.165) is 36.4 Å². The average molecular weight is 300 g/mol. The number of piperidine rings is 1. The predicted octanol–water partition coefficient (Wildman–Crippen LogP) is 2.41. The molecule has 4 nitrogen and oxygen atoms in total. The third-order valence-corrected chi connectivity index (χ3v) is 4.66. The van der Waals surface area contributed by atoms with Crippen molar-refractivity contribution in [3.05, 3.63) is 29.3 Å². The van der Waals surface area contributed by atoms with Crippen LogP contribution < -0.4 is 10.2 Å². The quantitative estimate of drug-likeness (QED) is 0.869. The molecule has 1 unspecified atom stereocenters. The Balaban J connectivity index is 1.79. The minimum absolute atomic E-state index is 0.0143. The van der Waals surface area contributed by atoms with Crippen molar-refractivity contribution in [1.82, 2.24) is 5.32 Å². The second-order valence-corrected chi connectivity index (χ2v) is 6.76. The Kier molecular flexibility index (Phi) is 4.30. The number of benzene rings is 1. The number of nitrogens with one attached hydrogen (secondary N) is 1. The SMILES string of the molecule is CC(C)C(=O)c1ccc2c(c1)CC(=O)N2CC1CCCNC1. The van der Waals surface area contributed by atoms with Gasteiger partial charge in [-0.2, -0.15) is 0 Å². The van der Waals surface area contributed by atoms with Crippen LogP contribution in [-0.2, 0) is 11.2 Å². The van der Waals surface area contributed by atoms with E-state index in [1.54, 1.807) is 0 Å². The number of anilines is 1. The third kappa shape index (κ3) is 2.93. The van der Waals surface area contributed by atoms with Crippen LogP contribution >= 0.6 is 0 Å². The van der Waals surface area contributed by atoms with Gasteiger partial charge in [0, 0.05) is 23.7 Å². The first-order chi connectivity index (χ1) is 10.6. The summed E-state index contributed by atoms with van der Waals surface area (Å²) in [6.07, 6.45) is 2.78. The highest BCUT2D eigenvalue weighted by atomic mass is 16.2. The van der Waals surface area contributed by atoms with Crippen LogP contribution in [0.25, 0.3) is 0 Å².